The lowest BCUT2D eigenvalue weighted by Gasteiger charge is -2.30. The molecule has 0 amide bonds. The van der Waals surface area contributed by atoms with Crippen LogP contribution < -0.4 is 20.1 Å². The number of para-hydroxylation sites is 2. The minimum Gasteiger partial charge on any atom is -0.493 e. The third-order valence-electron chi connectivity index (χ3n) is 6.64. The van der Waals surface area contributed by atoms with Crippen LogP contribution in [0.4, 0.5) is 11.4 Å². The maximum absolute atomic E-state index is 13.7. The molecule has 0 spiro atoms. The molecular formula is C28H28N2O3S. The van der Waals surface area contributed by atoms with E-state index in [-0.39, 0.29) is 17.7 Å². The number of benzene rings is 3. The van der Waals surface area contributed by atoms with Crippen molar-refractivity contribution in [2.45, 2.75) is 29.7 Å². The Hall–Kier alpha value is -3.38. The highest BCUT2D eigenvalue weighted by atomic mass is 32.2. The molecule has 2 atom stereocenters. The van der Waals surface area contributed by atoms with Crippen molar-refractivity contribution in [3.63, 3.8) is 0 Å². The quantitative estimate of drug-likeness (QED) is 0.419. The standard InChI is InChI=1S/C28H28N2O3S/c1-32-25-13-10-18(16-26(25)33-2)19-14-23-27(24(31)15-19)28(17-8-11-20(34-3)12-9-17)30-22-7-5-4-6-21(22)29-23/h4-13,16,19,28-30H,14-15H2,1-3H3/t19-,28+/m1/s1. The van der Waals surface area contributed by atoms with Crippen molar-refractivity contribution in [1.29, 1.82) is 0 Å². The van der Waals surface area contributed by atoms with Crippen LogP contribution in [-0.4, -0.2) is 26.3 Å². The summed E-state index contributed by atoms with van der Waals surface area (Å²) in [5.74, 6) is 1.59. The van der Waals surface area contributed by atoms with Crippen molar-refractivity contribution < 1.29 is 14.3 Å². The van der Waals surface area contributed by atoms with E-state index in [2.05, 4.69) is 53.3 Å². The number of ether oxygens (including phenoxy) is 2. The van der Waals surface area contributed by atoms with Gasteiger partial charge >= 0.3 is 0 Å². The largest absolute Gasteiger partial charge is 0.493 e. The number of fused-ring (bicyclic) bond motifs is 1. The van der Waals surface area contributed by atoms with Crippen molar-refractivity contribution in [3.05, 3.63) is 89.1 Å². The number of Topliss-reactive ketones (excluding diaryl/α,β-unsaturated/α-hetero) is 1. The molecule has 0 aromatic heterocycles. The van der Waals surface area contributed by atoms with E-state index >= 15 is 0 Å². The van der Waals surface area contributed by atoms with Crippen molar-refractivity contribution in [2.24, 2.45) is 0 Å². The number of carbonyl (C=O) groups is 1. The Morgan fingerprint density at radius 3 is 2.26 bits per heavy atom. The first kappa shape index (κ1) is 22.4. The average Bonchev–Trinajstić information content (AvgIpc) is 3.05. The summed E-state index contributed by atoms with van der Waals surface area (Å²) < 4.78 is 10.9. The number of hydrogen-bond donors (Lipinski definition) is 2. The van der Waals surface area contributed by atoms with Gasteiger partial charge in [0, 0.05) is 22.6 Å². The second kappa shape index (κ2) is 9.47. The van der Waals surface area contributed by atoms with Crippen LogP contribution in [0.2, 0.25) is 0 Å². The van der Waals surface area contributed by atoms with Gasteiger partial charge in [-0.1, -0.05) is 30.3 Å². The van der Waals surface area contributed by atoms with E-state index in [1.54, 1.807) is 26.0 Å². The van der Waals surface area contributed by atoms with Crippen LogP contribution in [0.25, 0.3) is 0 Å². The maximum Gasteiger partial charge on any atom is 0.163 e. The third kappa shape index (κ3) is 4.14. The van der Waals surface area contributed by atoms with Crippen molar-refractivity contribution in [2.75, 3.05) is 31.1 Å². The first-order chi connectivity index (χ1) is 16.6. The molecule has 0 fully saturated rings. The molecule has 1 aliphatic heterocycles. The number of anilines is 2. The molecule has 1 heterocycles. The summed E-state index contributed by atoms with van der Waals surface area (Å²) >= 11 is 1.71. The predicted molar refractivity (Wildman–Crippen MR) is 138 cm³/mol. The highest BCUT2D eigenvalue weighted by Crippen LogP contribution is 2.45. The van der Waals surface area contributed by atoms with E-state index in [1.165, 1.54) is 4.90 Å². The fraction of sp³-hybridized carbons (Fsp3) is 0.250. The Balaban J connectivity index is 1.56. The second-order valence-electron chi connectivity index (χ2n) is 8.56. The molecule has 3 aromatic rings. The molecule has 174 valence electrons. The molecule has 5 rings (SSSR count). The fourth-order valence-electron chi connectivity index (χ4n) is 4.88. The average molecular weight is 473 g/mol. The Kier molecular flexibility index (Phi) is 6.24. The molecule has 1 aliphatic carbocycles. The minimum atomic E-state index is -0.207. The fourth-order valence-corrected chi connectivity index (χ4v) is 5.29. The Morgan fingerprint density at radius 2 is 1.56 bits per heavy atom. The van der Waals surface area contributed by atoms with Crippen molar-refractivity contribution in [3.8, 4) is 11.5 Å². The van der Waals surface area contributed by atoms with Gasteiger partial charge in [-0.25, -0.2) is 0 Å². The van der Waals surface area contributed by atoms with Crippen LogP contribution in [0.5, 0.6) is 11.5 Å². The summed E-state index contributed by atoms with van der Waals surface area (Å²) in [6.45, 7) is 0. The third-order valence-corrected chi connectivity index (χ3v) is 7.38. The molecule has 0 radical (unpaired) electrons. The second-order valence-corrected chi connectivity index (χ2v) is 9.44. The highest BCUT2D eigenvalue weighted by Gasteiger charge is 2.36. The number of hydrogen-bond acceptors (Lipinski definition) is 6. The van der Waals surface area contributed by atoms with Crippen LogP contribution in [0.15, 0.2) is 82.9 Å². The van der Waals surface area contributed by atoms with Gasteiger partial charge in [0.05, 0.1) is 31.6 Å². The van der Waals surface area contributed by atoms with E-state index in [9.17, 15) is 4.79 Å². The molecule has 2 aliphatic rings. The first-order valence-electron chi connectivity index (χ1n) is 11.4. The zero-order valence-electron chi connectivity index (χ0n) is 19.6. The van der Waals surface area contributed by atoms with Gasteiger partial charge in [-0.2, -0.15) is 0 Å². The van der Waals surface area contributed by atoms with Crippen LogP contribution in [0, 0.1) is 0 Å². The number of thioether (sulfide) groups is 1. The molecule has 2 N–H and O–H groups in total. The molecule has 34 heavy (non-hydrogen) atoms. The number of rotatable bonds is 5. The number of nitrogens with one attached hydrogen (secondary N) is 2. The molecule has 0 saturated heterocycles. The van der Waals surface area contributed by atoms with Gasteiger partial charge in [-0.05, 0) is 66.1 Å². The lowest BCUT2D eigenvalue weighted by atomic mass is 9.78. The van der Waals surface area contributed by atoms with Gasteiger partial charge in [0.2, 0.25) is 0 Å². The van der Waals surface area contributed by atoms with E-state index in [1.807, 2.05) is 30.3 Å². The first-order valence-corrected chi connectivity index (χ1v) is 12.6. The lowest BCUT2D eigenvalue weighted by Crippen LogP contribution is -2.26. The summed E-state index contributed by atoms with van der Waals surface area (Å²) in [7, 11) is 3.27. The van der Waals surface area contributed by atoms with Crippen molar-refractivity contribution in [1.82, 2.24) is 0 Å². The van der Waals surface area contributed by atoms with Crippen LogP contribution >= 0.6 is 11.8 Å². The number of carbonyl (C=O) groups excluding carboxylic acids is 1. The van der Waals surface area contributed by atoms with Gasteiger partial charge in [-0.3, -0.25) is 4.79 Å². The minimum absolute atomic E-state index is 0.0586. The molecule has 3 aromatic carbocycles. The van der Waals surface area contributed by atoms with Crippen LogP contribution in [0.3, 0.4) is 0 Å². The van der Waals surface area contributed by atoms with Gasteiger partial charge < -0.3 is 20.1 Å². The normalized spacial score (nSPS) is 19.3. The summed E-state index contributed by atoms with van der Waals surface area (Å²) in [4.78, 5) is 14.9. The summed E-state index contributed by atoms with van der Waals surface area (Å²) in [5, 5.41) is 7.25. The molecule has 5 nitrogen and oxygen atoms in total. The SMILES string of the molecule is COc1ccc([C@H]2CC(=O)C3=C(C2)Nc2ccccc2N[C@H]3c2ccc(SC)cc2)cc1OC. The number of ketones is 1. The van der Waals surface area contributed by atoms with E-state index in [0.29, 0.717) is 17.9 Å². The summed E-state index contributed by atoms with van der Waals surface area (Å²) in [5.41, 5.74) is 5.94. The number of allylic oxidation sites excluding steroid dienone is 1. The molecule has 0 unspecified atom stereocenters. The topological polar surface area (TPSA) is 59.6 Å². The Morgan fingerprint density at radius 1 is 0.853 bits per heavy atom. The highest BCUT2D eigenvalue weighted by molar-refractivity contribution is 7.98. The predicted octanol–water partition coefficient (Wildman–Crippen LogP) is 6.41. The number of methoxy groups -OCH3 is 2. The van der Waals surface area contributed by atoms with Gasteiger partial charge in [-0.15, -0.1) is 11.8 Å². The smallest absolute Gasteiger partial charge is 0.163 e. The van der Waals surface area contributed by atoms with Crippen LogP contribution in [-0.2, 0) is 4.79 Å². The van der Waals surface area contributed by atoms with E-state index < -0.39 is 0 Å². The zero-order valence-corrected chi connectivity index (χ0v) is 20.4. The molecular weight excluding hydrogens is 444 g/mol. The van der Waals surface area contributed by atoms with Crippen molar-refractivity contribution >= 4 is 28.9 Å². The Labute approximate surface area is 204 Å². The molecule has 6 heteroatoms. The molecule has 0 saturated carbocycles. The maximum atomic E-state index is 13.7. The van der Waals surface area contributed by atoms with Gasteiger partial charge in [0.1, 0.15) is 0 Å². The monoisotopic (exact) mass is 472 g/mol. The summed E-state index contributed by atoms with van der Waals surface area (Å²) in [6, 6.07) is 22.3. The van der Waals surface area contributed by atoms with E-state index in [4.69, 9.17) is 9.47 Å². The summed E-state index contributed by atoms with van der Waals surface area (Å²) in [6.07, 6.45) is 3.26. The van der Waals surface area contributed by atoms with Gasteiger partial charge in [0.15, 0.2) is 17.3 Å². The molecule has 0 bridgehead atoms. The van der Waals surface area contributed by atoms with Gasteiger partial charge in [0.25, 0.3) is 0 Å². The van der Waals surface area contributed by atoms with E-state index in [0.717, 1.165) is 40.2 Å². The Bertz CT molecular complexity index is 1250. The zero-order chi connectivity index (χ0) is 23.7. The lowest BCUT2D eigenvalue weighted by molar-refractivity contribution is -0.116. The van der Waals surface area contributed by atoms with Crippen LogP contribution in [0.1, 0.15) is 35.9 Å².